The molecule has 1 aliphatic heterocycles. The number of aliphatic imine (C=N–C) groups is 1. The number of rotatable bonds is 4. The van der Waals surface area contributed by atoms with Crippen molar-refractivity contribution < 1.29 is 19.0 Å². The third kappa shape index (κ3) is 3.15. The van der Waals surface area contributed by atoms with Gasteiger partial charge in [-0.2, -0.15) is 0 Å². The summed E-state index contributed by atoms with van der Waals surface area (Å²) in [5.41, 5.74) is 5.20. The summed E-state index contributed by atoms with van der Waals surface area (Å²) in [7, 11) is 1.61. The van der Waals surface area contributed by atoms with Crippen LogP contribution in [0.2, 0.25) is 0 Å². The van der Waals surface area contributed by atoms with E-state index in [1.165, 1.54) is 0 Å². The van der Waals surface area contributed by atoms with Crippen LogP contribution in [0.4, 0.5) is 4.79 Å². The zero-order chi connectivity index (χ0) is 13.9. The molecule has 1 unspecified atom stereocenters. The van der Waals surface area contributed by atoms with Crippen LogP contribution < -0.4 is 10.5 Å². The zero-order valence-electron chi connectivity index (χ0n) is 10.9. The zero-order valence-corrected chi connectivity index (χ0v) is 10.9. The maximum Gasteiger partial charge on any atom is 0.404 e. The summed E-state index contributed by atoms with van der Waals surface area (Å²) in [5.74, 6) is 1.29. The first kappa shape index (κ1) is 13.2. The van der Waals surface area contributed by atoms with Crippen molar-refractivity contribution in [3.8, 4) is 5.75 Å². The van der Waals surface area contributed by atoms with Crippen LogP contribution in [0.1, 0.15) is 12.5 Å². The predicted molar refractivity (Wildman–Crippen MR) is 69.4 cm³/mol. The van der Waals surface area contributed by atoms with Crippen LogP contribution in [0.5, 0.6) is 5.75 Å². The first-order chi connectivity index (χ1) is 9.02. The molecule has 0 fully saturated rings. The molecule has 102 valence electrons. The van der Waals surface area contributed by atoms with E-state index >= 15 is 0 Å². The molecule has 1 aromatic rings. The van der Waals surface area contributed by atoms with Crippen molar-refractivity contribution in [1.29, 1.82) is 0 Å². The molecule has 6 nitrogen and oxygen atoms in total. The SMILES string of the molecule is COc1ccc(C2=NC(C)(COC(N)=O)CO2)cc1. The third-order valence-electron chi connectivity index (χ3n) is 2.75. The summed E-state index contributed by atoms with van der Waals surface area (Å²) in [6, 6.07) is 7.38. The lowest BCUT2D eigenvalue weighted by atomic mass is 10.1. The molecule has 1 atom stereocenters. The van der Waals surface area contributed by atoms with Crippen molar-refractivity contribution in [2.24, 2.45) is 10.7 Å². The van der Waals surface area contributed by atoms with Crippen LogP contribution in [0.25, 0.3) is 0 Å². The highest BCUT2D eigenvalue weighted by molar-refractivity contribution is 5.95. The molecule has 6 heteroatoms. The largest absolute Gasteiger partial charge is 0.497 e. The van der Waals surface area contributed by atoms with E-state index in [2.05, 4.69) is 4.99 Å². The molecular weight excluding hydrogens is 248 g/mol. The Morgan fingerprint density at radius 1 is 1.47 bits per heavy atom. The molecular formula is C13H16N2O4. The Labute approximate surface area is 111 Å². The molecule has 0 saturated heterocycles. The van der Waals surface area contributed by atoms with E-state index in [0.29, 0.717) is 12.5 Å². The number of hydrogen-bond acceptors (Lipinski definition) is 5. The van der Waals surface area contributed by atoms with Gasteiger partial charge >= 0.3 is 6.09 Å². The molecule has 0 spiro atoms. The highest BCUT2D eigenvalue weighted by atomic mass is 16.6. The molecule has 2 rings (SSSR count). The van der Waals surface area contributed by atoms with E-state index in [9.17, 15) is 4.79 Å². The van der Waals surface area contributed by atoms with E-state index in [1.807, 2.05) is 31.2 Å². The van der Waals surface area contributed by atoms with E-state index < -0.39 is 11.6 Å². The van der Waals surface area contributed by atoms with Crippen LogP contribution in [0.15, 0.2) is 29.3 Å². The Morgan fingerprint density at radius 2 is 2.16 bits per heavy atom. The summed E-state index contributed by atoms with van der Waals surface area (Å²) in [5, 5.41) is 0. The lowest BCUT2D eigenvalue weighted by Crippen LogP contribution is -2.33. The minimum absolute atomic E-state index is 0.0992. The Morgan fingerprint density at radius 3 is 2.74 bits per heavy atom. The molecule has 19 heavy (non-hydrogen) atoms. The molecule has 1 heterocycles. The third-order valence-corrected chi connectivity index (χ3v) is 2.75. The van der Waals surface area contributed by atoms with E-state index in [4.69, 9.17) is 19.9 Å². The number of methoxy groups -OCH3 is 1. The summed E-state index contributed by atoms with van der Waals surface area (Å²) in [6.07, 6.45) is -0.811. The Balaban J connectivity index is 2.10. The van der Waals surface area contributed by atoms with Gasteiger partial charge in [0.2, 0.25) is 5.90 Å². The van der Waals surface area contributed by atoms with Gasteiger partial charge in [0.15, 0.2) is 0 Å². The minimum atomic E-state index is -0.811. The lowest BCUT2D eigenvalue weighted by Gasteiger charge is -2.16. The highest BCUT2D eigenvalue weighted by Crippen LogP contribution is 2.23. The van der Waals surface area contributed by atoms with Crippen molar-refractivity contribution in [1.82, 2.24) is 0 Å². The van der Waals surface area contributed by atoms with Gasteiger partial charge in [-0.1, -0.05) is 0 Å². The van der Waals surface area contributed by atoms with Gasteiger partial charge in [-0.05, 0) is 31.2 Å². The number of hydrogen-bond donors (Lipinski definition) is 1. The van der Waals surface area contributed by atoms with E-state index in [-0.39, 0.29) is 6.61 Å². The lowest BCUT2D eigenvalue weighted by molar-refractivity contribution is 0.118. The maximum atomic E-state index is 10.6. The number of primary amides is 1. The Bertz CT molecular complexity index is 498. The average Bonchev–Trinajstić information content (AvgIpc) is 2.80. The summed E-state index contributed by atoms with van der Waals surface area (Å²) in [6.45, 7) is 2.29. The van der Waals surface area contributed by atoms with Gasteiger partial charge in [0.05, 0.1) is 7.11 Å². The molecule has 0 radical (unpaired) electrons. The smallest absolute Gasteiger partial charge is 0.404 e. The molecule has 0 bridgehead atoms. The fourth-order valence-electron chi connectivity index (χ4n) is 1.72. The van der Waals surface area contributed by atoms with Crippen LogP contribution in [0.3, 0.4) is 0 Å². The van der Waals surface area contributed by atoms with Gasteiger partial charge < -0.3 is 19.9 Å². The van der Waals surface area contributed by atoms with Crippen molar-refractivity contribution in [2.45, 2.75) is 12.5 Å². The normalized spacial score (nSPS) is 21.5. The fraction of sp³-hybridized carbons (Fsp3) is 0.385. The summed E-state index contributed by atoms with van der Waals surface area (Å²) < 4.78 is 15.4. The number of ether oxygens (including phenoxy) is 3. The number of nitrogens with zero attached hydrogens (tertiary/aromatic N) is 1. The van der Waals surface area contributed by atoms with Crippen LogP contribution in [-0.2, 0) is 9.47 Å². The van der Waals surface area contributed by atoms with Crippen molar-refractivity contribution in [2.75, 3.05) is 20.3 Å². The molecule has 1 aromatic carbocycles. The van der Waals surface area contributed by atoms with Crippen molar-refractivity contribution >= 4 is 12.0 Å². The van der Waals surface area contributed by atoms with Gasteiger partial charge in [0, 0.05) is 5.56 Å². The first-order valence-corrected chi connectivity index (χ1v) is 5.82. The van der Waals surface area contributed by atoms with Gasteiger partial charge in [-0.15, -0.1) is 0 Å². The van der Waals surface area contributed by atoms with Crippen LogP contribution in [-0.4, -0.2) is 37.9 Å². The standard InChI is InChI=1S/C13H16N2O4/c1-13(8-19-12(14)16)7-18-11(15-13)9-3-5-10(17-2)6-4-9/h3-6H,7-8H2,1-2H3,(H2,14,16). The van der Waals surface area contributed by atoms with Gasteiger partial charge in [0.25, 0.3) is 0 Å². The molecule has 1 amide bonds. The Kier molecular flexibility index (Phi) is 3.59. The minimum Gasteiger partial charge on any atom is -0.497 e. The monoisotopic (exact) mass is 264 g/mol. The first-order valence-electron chi connectivity index (χ1n) is 5.82. The summed E-state index contributed by atoms with van der Waals surface area (Å²) >= 11 is 0. The quantitative estimate of drug-likeness (QED) is 0.889. The number of carbonyl (C=O) groups excluding carboxylic acids is 1. The second-order valence-corrected chi connectivity index (χ2v) is 4.54. The molecule has 0 saturated carbocycles. The molecule has 2 N–H and O–H groups in total. The van der Waals surface area contributed by atoms with Gasteiger partial charge in [-0.3, -0.25) is 0 Å². The van der Waals surface area contributed by atoms with E-state index in [1.54, 1.807) is 7.11 Å². The van der Waals surface area contributed by atoms with Crippen molar-refractivity contribution in [3.05, 3.63) is 29.8 Å². The fourth-order valence-corrected chi connectivity index (χ4v) is 1.72. The van der Waals surface area contributed by atoms with Crippen LogP contribution in [0, 0.1) is 0 Å². The second-order valence-electron chi connectivity index (χ2n) is 4.54. The number of amides is 1. The highest BCUT2D eigenvalue weighted by Gasteiger charge is 2.33. The van der Waals surface area contributed by atoms with Gasteiger partial charge in [-0.25, -0.2) is 9.79 Å². The number of nitrogens with two attached hydrogens (primary N) is 1. The van der Waals surface area contributed by atoms with E-state index in [0.717, 1.165) is 11.3 Å². The number of benzene rings is 1. The second kappa shape index (κ2) is 5.17. The maximum absolute atomic E-state index is 10.6. The predicted octanol–water partition coefficient (Wildman–Crippen LogP) is 1.33. The Hall–Kier alpha value is -2.24. The summed E-state index contributed by atoms with van der Waals surface area (Å²) in [4.78, 5) is 15.1. The molecule has 1 aliphatic rings. The van der Waals surface area contributed by atoms with Crippen molar-refractivity contribution in [3.63, 3.8) is 0 Å². The van der Waals surface area contributed by atoms with Gasteiger partial charge in [0.1, 0.15) is 24.5 Å². The topological polar surface area (TPSA) is 83.1 Å². The number of carbonyl (C=O) groups is 1. The average molecular weight is 264 g/mol. The van der Waals surface area contributed by atoms with Crippen LogP contribution >= 0.6 is 0 Å². The molecule has 0 aliphatic carbocycles. The molecule has 0 aromatic heterocycles.